The van der Waals surface area contributed by atoms with Gasteiger partial charge in [-0.15, -0.1) is 0 Å². The predicted octanol–water partition coefficient (Wildman–Crippen LogP) is 2.36. The van der Waals surface area contributed by atoms with E-state index in [-0.39, 0.29) is 12.4 Å². The van der Waals surface area contributed by atoms with Crippen molar-refractivity contribution in [2.24, 2.45) is 5.92 Å². The average molecular weight is 264 g/mol. The normalized spacial score (nSPS) is 11.9. The van der Waals surface area contributed by atoms with E-state index in [0.717, 1.165) is 5.56 Å². The fraction of sp³-hybridized carbons (Fsp3) is 0.467. The Labute approximate surface area is 113 Å². The van der Waals surface area contributed by atoms with Crippen LogP contribution in [0.1, 0.15) is 25.8 Å². The predicted molar refractivity (Wildman–Crippen MR) is 71.5 cm³/mol. The molecule has 0 aliphatic rings. The van der Waals surface area contributed by atoms with Crippen molar-refractivity contribution < 1.29 is 19.1 Å². The number of benzene rings is 1. The first-order chi connectivity index (χ1) is 9.15. The molecule has 0 saturated carbocycles. The molecule has 0 spiro atoms. The molecule has 0 aromatic heterocycles. The van der Waals surface area contributed by atoms with Gasteiger partial charge in [0.05, 0.1) is 13.2 Å². The van der Waals surface area contributed by atoms with E-state index in [2.05, 4.69) is 0 Å². The lowest BCUT2D eigenvalue weighted by Gasteiger charge is -2.12. The number of carbonyl (C=O) groups is 2. The largest absolute Gasteiger partial charge is 0.465 e. The smallest absolute Gasteiger partial charge is 0.316 e. The molecule has 1 aromatic rings. The summed E-state index contributed by atoms with van der Waals surface area (Å²) in [6.45, 7) is 4.25. The number of hydrogen-bond acceptors (Lipinski definition) is 4. The third-order valence-electron chi connectivity index (χ3n) is 2.72. The minimum absolute atomic E-state index is 0.179. The van der Waals surface area contributed by atoms with Crippen molar-refractivity contribution in [1.29, 1.82) is 0 Å². The molecule has 0 heterocycles. The van der Waals surface area contributed by atoms with Gasteiger partial charge < -0.3 is 9.47 Å². The SMILES string of the molecule is CCOC(=O)[C@@H](CCOCc1ccccc1)C(C)=O. The van der Waals surface area contributed by atoms with E-state index in [4.69, 9.17) is 9.47 Å². The van der Waals surface area contributed by atoms with Gasteiger partial charge in [0.2, 0.25) is 0 Å². The second-order valence-electron chi connectivity index (χ2n) is 4.24. The first kappa shape index (κ1) is 15.4. The van der Waals surface area contributed by atoms with E-state index in [9.17, 15) is 9.59 Å². The molecular formula is C15H20O4. The second kappa shape index (κ2) is 8.43. The molecule has 0 amide bonds. The van der Waals surface area contributed by atoms with Crippen LogP contribution in [0.15, 0.2) is 30.3 Å². The van der Waals surface area contributed by atoms with Crippen LogP contribution in [0.4, 0.5) is 0 Å². The fourth-order valence-electron chi connectivity index (χ4n) is 1.70. The van der Waals surface area contributed by atoms with E-state index >= 15 is 0 Å². The van der Waals surface area contributed by atoms with E-state index in [1.165, 1.54) is 6.92 Å². The summed E-state index contributed by atoms with van der Waals surface area (Å²) in [7, 11) is 0. The van der Waals surface area contributed by atoms with Crippen molar-refractivity contribution in [3.8, 4) is 0 Å². The fourth-order valence-corrected chi connectivity index (χ4v) is 1.70. The van der Waals surface area contributed by atoms with E-state index in [1.807, 2.05) is 30.3 Å². The van der Waals surface area contributed by atoms with Crippen molar-refractivity contribution in [3.05, 3.63) is 35.9 Å². The molecule has 0 fully saturated rings. The number of esters is 1. The Hall–Kier alpha value is -1.68. The Morgan fingerprint density at radius 3 is 2.47 bits per heavy atom. The number of carbonyl (C=O) groups excluding carboxylic acids is 2. The summed E-state index contributed by atoms with van der Waals surface area (Å²) in [6.07, 6.45) is 0.362. The molecule has 1 atom stereocenters. The van der Waals surface area contributed by atoms with Crippen LogP contribution in [-0.2, 0) is 25.7 Å². The van der Waals surface area contributed by atoms with Gasteiger partial charge in [-0.05, 0) is 25.8 Å². The summed E-state index contributed by atoms with van der Waals surface area (Å²) < 4.78 is 10.3. The van der Waals surface area contributed by atoms with Gasteiger partial charge >= 0.3 is 5.97 Å². The number of ether oxygens (including phenoxy) is 2. The molecule has 0 aliphatic heterocycles. The second-order valence-corrected chi connectivity index (χ2v) is 4.24. The standard InChI is InChI=1S/C15H20O4/c1-3-19-15(17)14(12(2)16)9-10-18-11-13-7-5-4-6-8-13/h4-8,14H,3,9-11H2,1-2H3/t14-/m0/s1. The lowest BCUT2D eigenvalue weighted by Crippen LogP contribution is -2.25. The van der Waals surface area contributed by atoms with Gasteiger partial charge in [-0.25, -0.2) is 0 Å². The molecule has 0 saturated heterocycles. The first-order valence-corrected chi connectivity index (χ1v) is 6.44. The van der Waals surface area contributed by atoms with Gasteiger partial charge in [-0.1, -0.05) is 30.3 Å². The van der Waals surface area contributed by atoms with Crippen molar-refractivity contribution in [1.82, 2.24) is 0 Å². The minimum atomic E-state index is -0.712. The quantitative estimate of drug-likeness (QED) is 0.411. The molecule has 0 unspecified atom stereocenters. The summed E-state index contributed by atoms with van der Waals surface area (Å²) in [4.78, 5) is 22.9. The third-order valence-corrected chi connectivity index (χ3v) is 2.72. The maximum atomic E-state index is 11.6. The van der Waals surface area contributed by atoms with Gasteiger partial charge in [0, 0.05) is 6.61 Å². The zero-order valence-corrected chi connectivity index (χ0v) is 11.4. The van der Waals surface area contributed by atoms with Gasteiger partial charge in [0.25, 0.3) is 0 Å². The molecule has 0 N–H and O–H groups in total. The topological polar surface area (TPSA) is 52.6 Å². The van der Waals surface area contributed by atoms with Crippen molar-refractivity contribution in [3.63, 3.8) is 0 Å². The maximum Gasteiger partial charge on any atom is 0.316 e. The number of rotatable bonds is 8. The number of Topliss-reactive ketones (excluding diaryl/α,β-unsaturated/α-hetero) is 1. The van der Waals surface area contributed by atoms with Gasteiger partial charge in [-0.2, -0.15) is 0 Å². The van der Waals surface area contributed by atoms with Crippen LogP contribution < -0.4 is 0 Å². The highest BCUT2D eigenvalue weighted by molar-refractivity contribution is 5.97. The Bertz CT molecular complexity index is 400. The van der Waals surface area contributed by atoms with Crippen LogP contribution in [-0.4, -0.2) is 25.0 Å². The van der Waals surface area contributed by atoms with Crippen molar-refractivity contribution in [2.45, 2.75) is 26.9 Å². The Kier molecular flexibility index (Phi) is 6.82. The highest BCUT2D eigenvalue weighted by Gasteiger charge is 2.24. The molecule has 104 valence electrons. The molecule has 4 nitrogen and oxygen atoms in total. The van der Waals surface area contributed by atoms with Crippen LogP contribution in [0.25, 0.3) is 0 Å². The van der Waals surface area contributed by atoms with Gasteiger partial charge in [0.1, 0.15) is 11.7 Å². The van der Waals surface area contributed by atoms with Crippen molar-refractivity contribution >= 4 is 11.8 Å². The summed E-state index contributed by atoms with van der Waals surface area (Å²) in [5, 5.41) is 0. The summed E-state index contributed by atoms with van der Waals surface area (Å²) in [5.74, 6) is -1.35. The molecule has 1 rings (SSSR count). The molecule has 19 heavy (non-hydrogen) atoms. The molecule has 0 bridgehead atoms. The Morgan fingerprint density at radius 2 is 1.89 bits per heavy atom. The maximum absolute atomic E-state index is 11.6. The molecule has 0 aliphatic carbocycles. The van der Waals surface area contributed by atoms with Gasteiger partial charge in [0.15, 0.2) is 0 Å². The molecule has 4 heteroatoms. The molecular weight excluding hydrogens is 244 g/mol. The zero-order valence-electron chi connectivity index (χ0n) is 11.4. The highest BCUT2D eigenvalue weighted by atomic mass is 16.5. The average Bonchev–Trinajstić information content (AvgIpc) is 2.39. The summed E-state index contributed by atoms with van der Waals surface area (Å²) >= 11 is 0. The third kappa shape index (κ3) is 5.66. The van der Waals surface area contributed by atoms with Crippen LogP contribution in [0.3, 0.4) is 0 Å². The van der Waals surface area contributed by atoms with Crippen LogP contribution in [0, 0.1) is 5.92 Å². The summed E-state index contributed by atoms with van der Waals surface area (Å²) in [6, 6.07) is 9.75. The lowest BCUT2D eigenvalue weighted by atomic mass is 10.0. The van der Waals surface area contributed by atoms with Crippen LogP contribution >= 0.6 is 0 Å². The lowest BCUT2D eigenvalue weighted by molar-refractivity contribution is -0.151. The van der Waals surface area contributed by atoms with Crippen LogP contribution in [0.5, 0.6) is 0 Å². The first-order valence-electron chi connectivity index (χ1n) is 6.44. The number of hydrogen-bond donors (Lipinski definition) is 0. The molecule has 0 radical (unpaired) electrons. The van der Waals surface area contributed by atoms with Crippen LogP contribution in [0.2, 0.25) is 0 Å². The van der Waals surface area contributed by atoms with E-state index in [0.29, 0.717) is 19.6 Å². The van der Waals surface area contributed by atoms with Gasteiger partial charge in [-0.3, -0.25) is 9.59 Å². The van der Waals surface area contributed by atoms with E-state index in [1.54, 1.807) is 6.92 Å². The zero-order chi connectivity index (χ0) is 14.1. The number of ketones is 1. The Morgan fingerprint density at radius 1 is 1.21 bits per heavy atom. The highest BCUT2D eigenvalue weighted by Crippen LogP contribution is 2.09. The van der Waals surface area contributed by atoms with E-state index < -0.39 is 11.9 Å². The monoisotopic (exact) mass is 264 g/mol. The minimum Gasteiger partial charge on any atom is -0.465 e. The van der Waals surface area contributed by atoms with Crippen molar-refractivity contribution in [2.75, 3.05) is 13.2 Å². The molecule has 1 aromatic carbocycles. The Balaban J connectivity index is 2.33. The summed E-state index contributed by atoms with van der Waals surface area (Å²) in [5.41, 5.74) is 1.07.